The number of rotatable bonds is 5. The highest BCUT2D eigenvalue weighted by Gasteiger charge is 2.54. The third kappa shape index (κ3) is 6.31. The molecular weight excluding hydrogens is 855 g/mol. The summed E-state index contributed by atoms with van der Waals surface area (Å²) in [7, 11) is 0. The predicted octanol–water partition coefficient (Wildman–Crippen LogP) is 18.9. The molecule has 0 fully saturated rings. The molecule has 1 spiro atoms. The van der Waals surface area contributed by atoms with E-state index in [1.807, 2.05) is 0 Å². The molecule has 0 aromatic heterocycles. The molecule has 344 valence electrons. The number of fused-ring (bicyclic) bond motifs is 14. The molecule has 0 N–H and O–H groups in total. The van der Waals surface area contributed by atoms with Crippen LogP contribution in [0.15, 0.2) is 212 Å². The van der Waals surface area contributed by atoms with Gasteiger partial charge in [-0.25, -0.2) is 0 Å². The van der Waals surface area contributed by atoms with Crippen molar-refractivity contribution in [3.05, 3.63) is 257 Å². The zero-order valence-electron chi connectivity index (χ0n) is 42.2. The Hall–Kier alpha value is -7.74. The van der Waals surface area contributed by atoms with Crippen LogP contribution in [0.2, 0.25) is 0 Å². The Bertz CT molecular complexity index is 3760. The minimum Gasteiger partial charge on any atom is -0.309 e. The van der Waals surface area contributed by atoms with Crippen LogP contribution >= 0.6 is 0 Å². The molecular formula is C70H59N. The molecule has 1 heteroatoms. The van der Waals surface area contributed by atoms with Crippen LogP contribution in [0.3, 0.4) is 0 Å². The zero-order valence-corrected chi connectivity index (χ0v) is 42.2. The van der Waals surface area contributed by atoms with Crippen molar-refractivity contribution in [3.8, 4) is 55.6 Å². The number of benzene rings is 10. The van der Waals surface area contributed by atoms with E-state index in [2.05, 4.69) is 273 Å². The fourth-order valence-electron chi connectivity index (χ4n) is 12.8. The quantitative estimate of drug-likeness (QED) is 0.166. The summed E-state index contributed by atoms with van der Waals surface area (Å²) in [6, 6.07) is 81.3. The molecule has 71 heavy (non-hydrogen) atoms. The molecule has 3 aliphatic rings. The van der Waals surface area contributed by atoms with Crippen LogP contribution in [0.1, 0.15) is 99.9 Å². The first-order chi connectivity index (χ1) is 34.2. The molecule has 0 aliphatic heterocycles. The van der Waals surface area contributed by atoms with Crippen molar-refractivity contribution in [2.45, 2.75) is 77.0 Å². The van der Waals surface area contributed by atoms with Crippen LogP contribution in [0.5, 0.6) is 0 Å². The van der Waals surface area contributed by atoms with Gasteiger partial charge in [0.15, 0.2) is 0 Å². The molecule has 1 nitrogen and oxygen atoms in total. The molecule has 0 heterocycles. The van der Waals surface area contributed by atoms with Gasteiger partial charge in [-0.3, -0.25) is 0 Å². The summed E-state index contributed by atoms with van der Waals surface area (Å²) < 4.78 is 0. The third-order valence-corrected chi connectivity index (χ3v) is 16.4. The number of nitrogens with zero attached hydrogens (tertiary/aromatic N) is 1. The van der Waals surface area contributed by atoms with Crippen LogP contribution in [0, 0.1) is 0 Å². The van der Waals surface area contributed by atoms with E-state index in [1.54, 1.807) is 0 Å². The van der Waals surface area contributed by atoms with Gasteiger partial charge in [0.1, 0.15) is 0 Å². The fourth-order valence-corrected chi connectivity index (χ4v) is 12.8. The summed E-state index contributed by atoms with van der Waals surface area (Å²) in [5.41, 5.74) is 26.1. The van der Waals surface area contributed by atoms with E-state index in [0.29, 0.717) is 0 Å². The smallest absolute Gasteiger partial charge is 0.0746 e. The van der Waals surface area contributed by atoms with Crippen LogP contribution in [0.25, 0.3) is 66.4 Å². The average Bonchev–Trinajstić information content (AvgIpc) is 3.94. The van der Waals surface area contributed by atoms with Gasteiger partial charge in [-0.05, 0) is 141 Å². The maximum Gasteiger partial charge on any atom is 0.0746 e. The van der Waals surface area contributed by atoms with E-state index in [1.165, 1.54) is 117 Å². The number of hydrogen-bond acceptors (Lipinski definition) is 1. The highest BCUT2D eigenvalue weighted by molar-refractivity contribution is 6.03. The van der Waals surface area contributed by atoms with Gasteiger partial charge in [-0.15, -0.1) is 0 Å². The number of para-hydroxylation sites is 1. The van der Waals surface area contributed by atoms with Crippen LogP contribution < -0.4 is 4.90 Å². The molecule has 0 radical (unpaired) electrons. The lowest BCUT2D eigenvalue weighted by Crippen LogP contribution is -2.29. The minimum atomic E-state index is -0.615. The summed E-state index contributed by atoms with van der Waals surface area (Å²) in [6.45, 7) is 18.9. The molecule has 0 amide bonds. The van der Waals surface area contributed by atoms with Gasteiger partial charge in [0, 0.05) is 22.2 Å². The lowest BCUT2D eigenvalue weighted by molar-refractivity contribution is 0.586. The zero-order chi connectivity index (χ0) is 48.6. The van der Waals surface area contributed by atoms with Crippen molar-refractivity contribution in [3.63, 3.8) is 0 Å². The first-order valence-electron chi connectivity index (χ1n) is 25.5. The largest absolute Gasteiger partial charge is 0.309 e. The summed E-state index contributed by atoms with van der Waals surface area (Å²) >= 11 is 0. The second-order valence-corrected chi connectivity index (χ2v) is 22.9. The predicted molar refractivity (Wildman–Crippen MR) is 301 cm³/mol. The van der Waals surface area contributed by atoms with E-state index in [-0.39, 0.29) is 16.2 Å². The second-order valence-electron chi connectivity index (χ2n) is 22.9. The highest BCUT2D eigenvalue weighted by atomic mass is 15.1. The Kier molecular flexibility index (Phi) is 9.38. The first-order valence-corrected chi connectivity index (χ1v) is 25.5. The Morgan fingerprint density at radius 1 is 0.338 bits per heavy atom. The Balaban J connectivity index is 1.15. The van der Waals surface area contributed by atoms with E-state index >= 15 is 0 Å². The third-order valence-electron chi connectivity index (χ3n) is 16.4. The lowest BCUT2D eigenvalue weighted by Gasteiger charge is -2.37. The Labute approximate surface area is 420 Å². The van der Waals surface area contributed by atoms with Crippen LogP contribution in [-0.2, 0) is 21.7 Å². The van der Waals surface area contributed by atoms with Gasteiger partial charge < -0.3 is 4.90 Å². The van der Waals surface area contributed by atoms with Crippen molar-refractivity contribution in [2.24, 2.45) is 0 Å². The average molecular weight is 914 g/mol. The Morgan fingerprint density at radius 2 is 0.859 bits per heavy atom. The normalized spacial score (nSPS) is 14.4. The standard InChI is InChI=1S/C70H59N/c1-67(2,3)48-36-38-52-53-39-37-49(68(4,5)6)43-62(53)70(61(52)42-48)59-30-15-11-24-51(59)56-28-19-33-64(66(56)70)71(50-23-17-22-46(41-50)47-35-34-44-20-9-10-21-45(44)40-47)63-32-16-13-25-54(63)55-27-18-31-60-65(55)57-26-12-14-29-58(57)69(60,7)8/h9-43H,1-8H3. The molecule has 0 saturated carbocycles. The van der Waals surface area contributed by atoms with Gasteiger partial charge >= 0.3 is 0 Å². The van der Waals surface area contributed by atoms with Gasteiger partial charge in [-0.2, -0.15) is 0 Å². The van der Waals surface area contributed by atoms with E-state index in [9.17, 15) is 0 Å². The second kappa shape index (κ2) is 15.4. The molecule has 13 rings (SSSR count). The van der Waals surface area contributed by atoms with Gasteiger partial charge in [0.25, 0.3) is 0 Å². The van der Waals surface area contributed by atoms with Crippen molar-refractivity contribution < 1.29 is 0 Å². The van der Waals surface area contributed by atoms with Crippen molar-refractivity contribution in [1.82, 2.24) is 0 Å². The maximum absolute atomic E-state index is 2.62. The summed E-state index contributed by atoms with van der Waals surface area (Å²) in [4.78, 5) is 2.62. The summed E-state index contributed by atoms with van der Waals surface area (Å²) in [6.07, 6.45) is 0. The van der Waals surface area contributed by atoms with Gasteiger partial charge in [0.2, 0.25) is 0 Å². The SMILES string of the molecule is CC(C)(C)c1ccc2c(c1)C1(c3cc(C(C)(C)C)ccc3-2)c2ccccc2-c2cccc(N(c3cccc(-c4ccc5ccccc5c4)c3)c3ccccc3-c3cccc4c3-c3ccccc3C4(C)C)c21. The molecule has 0 unspecified atom stereocenters. The fraction of sp³-hybridized carbons (Fsp3) is 0.171. The van der Waals surface area contributed by atoms with E-state index in [0.717, 1.165) is 11.4 Å². The maximum atomic E-state index is 2.62. The molecule has 10 aromatic rings. The molecule has 0 atom stereocenters. The lowest BCUT2D eigenvalue weighted by atomic mass is 9.68. The molecule has 3 aliphatic carbocycles. The molecule has 0 saturated heterocycles. The van der Waals surface area contributed by atoms with Crippen molar-refractivity contribution in [2.75, 3.05) is 4.90 Å². The number of anilines is 3. The van der Waals surface area contributed by atoms with Gasteiger partial charge in [-0.1, -0.05) is 237 Å². The molecule has 0 bridgehead atoms. The minimum absolute atomic E-state index is 0.0562. The van der Waals surface area contributed by atoms with Crippen molar-refractivity contribution >= 4 is 27.8 Å². The van der Waals surface area contributed by atoms with Crippen LogP contribution in [-0.4, -0.2) is 0 Å². The Morgan fingerprint density at radius 3 is 1.58 bits per heavy atom. The van der Waals surface area contributed by atoms with E-state index < -0.39 is 5.41 Å². The topological polar surface area (TPSA) is 3.24 Å². The highest BCUT2D eigenvalue weighted by Crippen LogP contribution is 2.66. The van der Waals surface area contributed by atoms with Crippen LogP contribution in [0.4, 0.5) is 17.1 Å². The monoisotopic (exact) mass is 913 g/mol. The van der Waals surface area contributed by atoms with Crippen molar-refractivity contribution in [1.29, 1.82) is 0 Å². The summed E-state index contributed by atoms with van der Waals surface area (Å²) in [5, 5.41) is 2.48. The first kappa shape index (κ1) is 43.3. The van der Waals surface area contributed by atoms with E-state index in [4.69, 9.17) is 0 Å². The molecule has 10 aromatic carbocycles. The number of hydrogen-bond donors (Lipinski definition) is 0. The van der Waals surface area contributed by atoms with Gasteiger partial charge in [0.05, 0.1) is 16.8 Å². The summed E-state index contributed by atoms with van der Waals surface area (Å²) in [5.74, 6) is 0.